The van der Waals surface area contributed by atoms with Gasteiger partial charge in [0.15, 0.2) is 0 Å². The van der Waals surface area contributed by atoms with Crippen LogP contribution in [0.1, 0.15) is 41.0 Å². The summed E-state index contributed by atoms with van der Waals surface area (Å²) in [6, 6.07) is 12.5. The molecule has 1 aliphatic heterocycles. The molecular formula is C23H26FNO2. The lowest BCUT2D eigenvalue weighted by molar-refractivity contribution is 0.0788. The van der Waals surface area contributed by atoms with Crippen molar-refractivity contribution in [3.8, 4) is 0 Å². The maximum Gasteiger partial charge on any atom is 0.123 e. The first-order valence-electron chi connectivity index (χ1n) is 9.63. The van der Waals surface area contributed by atoms with E-state index in [1.165, 1.54) is 28.8 Å². The highest BCUT2D eigenvalue weighted by atomic mass is 19.1. The van der Waals surface area contributed by atoms with E-state index in [1.54, 1.807) is 12.1 Å². The Kier molecular flexibility index (Phi) is 4.89. The van der Waals surface area contributed by atoms with Crippen molar-refractivity contribution in [3.05, 3.63) is 82.2 Å². The van der Waals surface area contributed by atoms with E-state index in [9.17, 15) is 9.50 Å². The standard InChI is InChI=1S/C23H26FNO2/c1-16-2-7-22-20(14-16)21(17-8-10-25(11-9-17)12-13-26)15-23(22,27)18-3-5-19(24)6-4-18/h2-8,14,21,26-27H,9-13,15H2,1H3. The largest absolute Gasteiger partial charge is 0.395 e. The summed E-state index contributed by atoms with van der Waals surface area (Å²) in [4.78, 5) is 2.24. The van der Waals surface area contributed by atoms with Gasteiger partial charge in [0.1, 0.15) is 11.4 Å². The Morgan fingerprint density at radius 2 is 1.96 bits per heavy atom. The Bertz CT molecular complexity index is 861. The molecule has 0 spiro atoms. The van der Waals surface area contributed by atoms with Gasteiger partial charge in [-0.1, -0.05) is 47.5 Å². The fourth-order valence-corrected chi connectivity index (χ4v) is 4.58. The van der Waals surface area contributed by atoms with E-state index in [0.717, 1.165) is 30.6 Å². The molecule has 0 bridgehead atoms. The predicted molar refractivity (Wildman–Crippen MR) is 104 cm³/mol. The summed E-state index contributed by atoms with van der Waals surface area (Å²) < 4.78 is 13.4. The minimum atomic E-state index is -1.09. The fourth-order valence-electron chi connectivity index (χ4n) is 4.58. The van der Waals surface area contributed by atoms with E-state index in [1.807, 2.05) is 12.1 Å². The highest BCUT2D eigenvalue weighted by Crippen LogP contribution is 2.52. The van der Waals surface area contributed by atoms with Crippen LogP contribution in [0, 0.1) is 12.7 Å². The van der Waals surface area contributed by atoms with Crippen molar-refractivity contribution in [2.24, 2.45) is 0 Å². The zero-order chi connectivity index (χ0) is 19.0. The van der Waals surface area contributed by atoms with Gasteiger partial charge in [-0.15, -0.1) is 0 Å². The van der Waals surface area contributed by atoms with Crippen LogP contribution in [0.2, 0.25) is 0 Å². The molecule has 2 unspecified atom stereocenters. The second-order valence-corrected chi connectivity index (χ2v) is 7.77. The van der Waals surface area contributed by atoms with Crippen molar-refractivity contribution < 1.29 is 14.6 Å². The monoisotopic (exact) mass is 367 g/mol. The number of rotatable bonds is 4. The molecule has 2 aromatic rings. The molecule has 4 heteroatoms. The van der Waals surface area contributed by atoms with Crippen LogP contribution < -0.4 is 0 Å². The van der Waals surface area contributed by atoms with E-state index in [0.29, 0.717) is 13.0 Å². The molecule has 2 atom stereocenters. The molecule has 0 aromatic heterocycles. The zero-order valence-electron chi connectivity index (χ0n) is 15.7. The van der Waals surface area contributed by atoms with Gasteiger partial charge in [-0.05, 0) is 48.6 Å². The van der Waals surface area contributed by atoms with Crippen molar-refractivity contribution in [1.29, 1.82) is 0 Å². The number of hydrogen-bond donors (Lipinski definition) is 2. The predicted octanol–water partition coefficient (Wildman–Crippen LogP) is 3.48. The van der Waals surface area contributed by atoms with Crippen LogP contribution in [-0.4, -0.2) is 41.4 Å². The lowest BCUT2D eigenvalue weighted by Gasteiger charge is -2.29. The number of aliphatic hydroxyl groups is 2. The second-order valence-electron chi connectivity index (χ2n) is 7.77. The number of aliphatic hydroxyl groups excluding tert-OH is 1. The van der Waals surface area contributed by atoms with Gasteiger partial charge < -0.3 is 10.2 Å². The topological polar surface area (TPSA) is 43.7 Å². The van der Waals surface area contributed by atoms with Crippen LogP contribution in [0.5, 0.6) is 0 Å². The quantitative estimate of drug-likeness (QED) is 0.813. The number of β-amino-alcohol motifs (C(OH)–C–C–N with tert-alkyl or cyclic N) is 1. The van der Waals surface area contributed by atoms with Gasteiger partial charge in [0, 0.05) is 25.6 Å². The molecule has 2 N–H and O–H groups in total. The van der Waals surface area contributed by atoms with Crippen molar-refractivity contribution in [2.45, 2.75) is 31.3 Å². The van der Waals surface area contributed by atoms with Crippen LogP contribution in [0.3, 0.4) is 0 Å². The Balaban J connectivity index is 1.71. The molecule has 0 saturated heterocycles. The Morgan fingerprint density at radius 3 is 2.63 bits per heavy atom. The van der Waals surface area contributed by atoms with Crippen LogP contribution >= 0.6 is 0 Å². The maximum absolute atomic E-state index is 13.4. The Labute approximate surface area is 159 Å². The summed E-state index contributed by atoms with van der Waals surface area (Å²) in [7, 11) is 0. The smallest absolute Gasteiger partial charge is 0.123 e. The van der Waals surface area contributed by atoms with Gasteiger partial charge in [-0.2, -0.15) is 0 Å². The average Bonchev–Trinajstić information content (AvgIpc) is 2.96. The van der Waals surface area contributed by atoms with E-state index in [4.69, 9.17) is 5.11 Å². The molecule has 3 nitrogen and oxygen atoms in total. The molecule has 0 fully saturated rings. The van der Waals surface area contributed by atoms with Crippen molar-refractivity contribution in [2.75, 3.05) is 26.2 Å². The van der Waals surface area contributed by atoms with Gasteiger partial charge in [0.05, 0.1) is 6.61 Å². The van der Waals surface area contributed by atoms with Gasteiger partial charge in [-0.25, -0.2) is 4.39 Å². The van der Waals surface area contributed by atoms with Gasteiger partial charge in [0.25, 0.3) is 0 Å². The van der Waals surface area contributed by atoms with Crippen LogP contribution in [0.15, 0.2) is 54.1 Å². The molecule has 27 heavy (non-hydrogen) atoms. The average molecular weight is 367 g/mol. The lowest BCUT2D eigenvalue weighted by atomic mass is 9.85. The Hall–Kier alpha value is -2.01. The molecule has 0 saturated carbocycles. The number of halogens is 1. The van der Waals surface area contributed by atoms with Crippen molar-refractivity contribution in [3.63, 3.8) is 0 Å². The summed E-state index contributed by atoms with van der Waals surface area (Å²) in [5.74, 6) is -0.119. The first kappa shape index (κ1) is 18.4. The Morgan fingerprint density at radius 1 is 1.19 bits per heavy atom. The third kappa shape index (κ3) is 3.33. The third-order valence-electron chi connectivity index (χ3n) is 6.04. The number of nitrogens with zero attached hydrogens (tertiary/aromatic N) is 1. The molecule has 142 valence electrons. The molecular weight excluding hydrogens is 341 g/mol. The van der Waals surface area contributed by atoms with E-state index in [2.05, 4.69) is 24.0 Å². The number of fused-ring (bicyclic) bond motifs is 1. The first-order chi connectivity index (χ1) is 13.0. The second kappa shape index (κ2) is 7.19. The van der Waals surface area contributed by atoms with Gasteiger partial charge in [0.2, 0.25) is 0 Å². The van der Waals surface area contributed by atoms with E-state index < -0.39 is 5.60 Å². The highest BCUT2D eigenvalue weighted by Gasteiger charge is 2.44. The number of aryl methyl sites for hydroxylation is 1. The molecule has 0 radical (unpaired) electrons. The summed E-state index contributed by atoms with van der Waals surface area (Å²) in [6.45, 7) is 4.72. The van der Waals surface area contributed by atoms with Gasteiger partial charge in [-0.3, -0.25) is 4.90 Å². The van der Waals surface area contributed by atoms with E-state index in [-0.39, 0.29) is 18.3 Å². The molecule has 0 amide bonds. The van der Waals surface area contributed by atoms with Crippen LogP contribution in [0.25, 0.3) is 0 Å². The molecule has 4 rings (SSSR count). The number of hydrogen-bond acceptors (Lipinski definition) is 3. The lowest BCUT2D eigenvalue weighted by Crippen LogP contribution is -2.32. The van der Waals surface area contributed by atoms with Crippen molar-refractivity contribution in [1.82, 2.24) is 4.90 Å². The minimum absolute atomic E-state index is 0.172. The zero-order valence-corrected chi connectivity index (χ0v) is 15.7. The highest BCUT2D eigenvalue weighted by molar-refractivity contribution is 5.52. The SMILES string of the molecule is Cc1ccc2c(c1)C(C1=CCN(CCO)CC1)CC2(O)c1ccc(F)cc1. The minimum Gasteiger partial charge on any atom is -0.395 e. The van der Waals surface area contributed by atoms with Crippen molar-refractivity contribution >= 4 is 0 Å². The number of benzene rings is 2. The van der Waals surface area contributed by atoms with Crippen LogP contribution in [-0.2, 0) is 5.60 Å². The summed E-state index contributed by atoms with van der Waals surface area (Å²) in [5.41, 5.74) is 4.31. The normalized spacial score (nSPS) is 25.3. The fraction of sp³-hybridized carbons (Fsp3) is 0.391. The van der Waals surface area contributed by atoms with E-state index >= 15 is 0 Å². The first-order valence-corrected chi connectivity index (χ1v) is 9.63. The van der Waals surface area contributed by atoms with Gasteiger partial charge >= 0.3 is 0 Å². The summed E-state index contributed by atoms with van der Waals surface area (Å²) in [6.07, 6.45) is 3.78. The summed E-state index contributed by atoms with van der Waals surface area (Å²) in [5, 5.41) is 20.8. The maximum atomic E-state index is 13.4. The molecule has 2 aliphatic rings. The molecule has 2 aromatic carbocycles. The molecule has 1 aliphatic carbocycles. The molecule has 1 heterocycles. The van der Waals surface area contributed by atoms with Crippen LogP contribution in [0.4, 0.5) is 4.39 Å². The summed E-state index contributed by atoms with van der Waals surface area (Å²) >= 11 is 0. The third-order valence-corrected chi connectivity index (χ3v) is 6.04.